The summed E-state index contributed by atoms with van der Waals surface area (Å²) in [6.45, 7) is 2.03. The predicted molar refractivity (Wildman–Crippen MR) is 218 cm³/mol. The molecule has 2 aliphatic rings. The van der Waals surface area contributed by atoms with Crippen molar-refractivity contribution in [3.8, 4) is 5.75 Å². The Labute approximate surface area is 350 Å². The van der Waals surface area contributed by atoms with Gasteiger partial charge in [-0.05, 0) is 46.5 Å². The van der Waals surface area contributed by atoms with E-state index in [-0.39, 0.29) is 45.2 Å². The van der Waals surface area contributed by atoms with Crippen molar-refractivity contribution in [2.45, 2.75) is 82.6 Å². The third kappa shape index (κ3) is 11.9. The van der Waals surface area contributed by atoms with Crippen LogP contribution in [-0.2, 0) is 73.9 Å². The number of carbonyl (C=O) groups is 2. The molecule has 0 amide bonds. The van der Waals surface area contributed by atoms with Gasteiger partial charge in [-0.3, -0.25) is 4.79 Å². The van der Waals surface area contributed by atoms with Crippen LogP contribution in [0.15, 0.2) is 146 Å². The number of benzene rings is 5. The number of ether oxygens (including phenoxy) is 10. The minimum absolute atomic E-state index is 0.0124. The molecule has 0 aromatic heterocycles. The van der Waals surface area contributed by atoms with E-state index in [1.54, 1.807) is 31.4 Å². The zero-order chi connectivity index (χ0) is 41.5. The van der Waals surface area contributed by atoms with Gasteiger partial charge in [-0.2, -0.15) is 0 Å². The van der Waals surface area contributed by atoms with Gasteiger partial charge in [-0.15, -0.1) is 0 Å². The fourth-order valence-electron chi connectivity index (χ4n) is 7.01. The molecular weight excluding hydrogens is 769 g/mol. The summed E-state index contributed by atoms with van der Waals surface area (Å²) in [5, 5.41) is 0. The summed E-state index contributed by atoms with van der Waals surface area (Å²) in [6, 6.07) is 45.2. The summed E-state index contributed by atoms with van der Waals surface area (Å²) >= 11 is 0. The summed E-state index contributed by atoms with van der Waals surface area (Å²) in [5.41, 5.74) is 3.92. The second kappa shape index (κ2) is 21.7. The van der Waals surface area contributed by atoms with Crippen molar-refractivity contribution >= 4 is 11.9 Å². The zero-order valence-electron chi connectivity index (χ0n) is 33.6. The van der Waals surface area contributed by atoms with Crippen LogP contribution in [-0.4, -0.2) is 81.5 Å². The Balaban J connectivity index is 1.22. The van der Waals surface area contributed by atoms with Crippen LogP contribution in [0.2, 0.25) is 0 Å². The maximum atomic E-state index is 14.1. The third-order valence-electron chi connectivity index (χ3n) is 10.1. The number of methoxy groups -OCH3 is 1. The number of hydrogen-bond acceptors (Lipinski definition) is 12. The highest BCUT2D eigenvalue weighted by Crippen LogP contribution is 2.33. The minimum Gasteiger partial charge on any atom is -0.497 e. The Morgan fingerprint density at radius 3 is 1.48 bits per heavy atom. The Hall–Kier alpha value is -5.44. The molecule has 7 rings (SSSR count). The normalized spacial score (nSPS) is 24.0. The van der Waals surface area contributed by atoms with Gasteiger partial charge in [0.15, 0.2) is 24.8 Å². The molecule has 0 saturated carbocycles. The Bertz CT molecular complexity index is 2030. The average Bonchev–Trinajstić information content (AvgIpc) is 3.29. The summed E-state index contributed by atoms with van der Waals surface area (Å²) in [4.78, 5) is 26.6. The highest BCUT2D eigenvalue weighted by atomic mass is 16.8. The lowest BCUT2D eigenvalue weighted by atomic mass is 10.0. The smallest absolute Gasteiger partial charge is 0.338 e. The lowest BCUT2D eigenvalue weighted by Gasteiger charge is -2.46. The van der Waals surface area contributed by atoms with Crippen molar-refractivity contribution < 1.29 is 57.0 Å². The van der Waals surface area contributed by atoms with Crippen LogP contribution in [0.25, 0.3) is 0 Å². The van der Waals surface area contributed by atoms with E-state index in [4.69, 9.17) is 47.4 Å². The summed E-state index contributed by atoms with van der Waals surface area (Å²) in [5.74, 6) is -0.622. The van der Waals surface area contributed by atoms with Gasteiger partial charge in [0.1, 0.15) is 30.2 Å². The summed E-state index contributed by atoms with van der Waals surface area (Å²) in [7, 11) is 1.55. The van der Waals surface area contributed by atoms with E-state index < -0.39 is 61.1 Å². The first-order valence-electron chi connectivity index (χ1n) is 20.0. The summed E-state index contributed by atoms with van der Waals surface area (Å²) < 4.78 is 63.2. The van der Waals surface area contributed by atoms with E-state index in [0.29, 0.717) is 5.75 Å². The fraction of sp³-hybridized carbons (Fsp3) is 0.333. The monoisotopic (exact) mass is 818 g/mol. The van der Waals surface area contributed by atoms with Gasteiger partial charge in [-0.1, -0.05) is 121 Å². The first kappa shape index (κ1) is 42.7. The largest absolute Gasteiger partial charge is 0.497 e. The average molecular weight is 819 g/mol. The first-order chi connectivity index (χ1) is 29.4. The molecule has 12 heteroatoms. The van der Waals surface area contributed by atoms with Crippen LogP contribution >= 0.6 is 0 Å². The Kier molecular flexibility index (Phi) is 15.4. The van der Waals surface area contributed by atoms with E-state index >= 15 is 0 Å². The van der Waals surface area contributed by atoms with E-state index in [9.17, 15) is 9.59 Å². The SMILES string of the molecule is COc1ccc(C(=O)O[C@H]2[C@H](O[C@@H]3[C@@H](OCc4ccccc4)[C@@H](OCc4ccccc4)OC[C@@H]3OC(C)=O)OC[C@@H](OCc3ccccc3)[C@@H]2OCc2ccccc2)cc1. The zero-order valence-corrected chi connectivity index (χ0v) is 33.6. The van der Waals surface area contributed by atoms with Gasteiger partial charge in [0.2, 0.25) is 0 Å². The van der Waals surface area contributed by atoms with Crippen molar-refractivity contribution in [3.63, 3.8) is 0 Å². The van der Waals surface area contributed by atoms with Gasteiger partial charge < -0.3 is 47.4 Å². The molecule has 8 atom stereocenters. The molecule has 2 saturated heterocycles. The minimum atomic E-state index is -1.26. The third-order valence-corrected chi connectivity index (χ3v) is 10.1. The molecule has 0 N–H and O–H groups in total. The second-order valence-electron chi connectivity index (χ2n) is 14.4. The van der Waals surface area contributed by atoms with Crippen LogP contribution in [0.3, 0.4) is 0 Å². The van der Waals surface area contributed by atoms with Crippen LogP contribution in [0.4, 0.5) is 0 Å². The molecule has 5 aromatic rings. The van der Waals surface area contributed by atoms with Crippen molar-refractivity contribution in [2.24, 2.45) is 0 Å². The van der Waals surface area contributed by atoms with Crippen molar-refractivity contribution in [1.29, 1.82) is 0 Å². The number of carbonyl (C=O) groups excluding carboxylic acids is 2. The van der Waals surface area contributed by atoms with Crippen LogP contribution in [0, 0.1) is 0 Å². The van der Waals surface area contributed by atoms with E-state index in [0.717, 1.165) is 22.3 Å². The van der Waals surface area contributed by atoms with Gasteiger partial charge in [0, 0.05) is 6.92 Å². The molecule has 314 valence electrons. The molecule has 0 unspecified atom stereocenters. The molecule has 0 spiro atoms. The molecule has 5 aromatic carbocycles. The number of hydrogen-bond donors (Lipinski definition) is 0. The second-order valence-corrected chi connectivity index (χ2v) is 14.4. The van der Waals surface area contributed by atoms with Crippen molar-refractivity contribution in [1.82, 2.24) is 0 Å². The first-order valence-corrected chi connectivity index (χ1v) is 20.0. The molecule has 0 aliphatic carbocycles. The quantitative estimate of drug-likeness (QED) is 0.0829. The molecule has 2 heterocycles. The van der Waals surface area contributed by atoms with Crippen molar-refractivity contribution in [3.05, 3.63) is 173 Å². The molecule has 0 bridgehead atoms. The maximum absolute atomic E-state index is 14.1. The van der Waals surface area contributed by atoms with Crippen molar-refractivity contribution in [2.75, 3.05) is 20.3 Å². The van der Waals surface area contributed by atoms with Crippen LogP contribution in [0.1, 0.15) is 39.5 Å². The predicted octanol–water partition coefficient (Wildman–Crippen LogP) is 7.22. The van der Waals surface area contributed by atoms with E-state index in [1.807, 2.05) is 121 Å². The molecule has 2 fully saturated rings. The van der Waals surface area contributed by atoms with Gasteiger partial charge in [0.25, 0.3) is 0 Å². The Morgan fingerprint density at radius 1 is 0.500 bits per heavy atom. The van der Waals surface area contributed by atoms with E-state index in [2.05, 4.69) is 0 Å². The summed E-state index contributed by atoms with van der Waals surface area (Å²) in [6.07, 6.45) is -7.95. The number of rotatable bonds is 18. The number of esters is 2. The van der Waals surface area contributed by atoms with Crippen LogP contribution in [0.5, 0.6) is 5.75 Å². The molecule has 2 aliphatic heterocycles. The van der Waals surface area contributed by atoms with Gasteiger partial charge >= 0.3 is 11.9 Å². The lowest BCUT2D eigenvalue weighted by Crippen LogP contribution is -2.62. The standard InChI is InChI=1S/C48H50O12/c1-33(49)58-41-32-56-47(55-30-37-21-13-6-14-22-37)44(54-29-36-19-11-5-12-20-36)43(41)60-48-45(59-46(50)38-23-25-39(51-2)26-24-38)42(53-28-35-17-9-4-10-18-35)40(31-57-48)52-27-34-15-7-3-8-16-34/h3-26,40-45,47-48H,27-32H2,1-2H3/t40-,41+,42+,43+,44-,45-,47+,48+/m1/s1. The molecular formula is C48H50O12. The molecule has 60 heavy (non-hydrogen) atoms. The van der Waals surface area contributed by atoms with Crippen LogP contribution < -0.4 is 4.74 Å². The molecule has 0 radical (unpaired) electrons. The lowest BCUT2D eigenvalue weighted by molar-refractivity contribution is -0.346. The Morgan fingerprint density at radius 2 is 0.967 bits per heavy atom. The van der Waals surface area contributed by atoms with Gasteiger partial charge in [0.05, 0.1) is 52.3 Å². The highest BCUT2D eigenvalue weighted by Gasteiger charge is 2.51. The highest BCUT2D eigenvalue weighted by molar-refractivity contribution is 5.89. The van der Waals surface area contributed by atoms with Gasteiger partial charge in [-0.25, -0.2) is 4.79 Å². The van der Waals surface area contributed by atoms with E-state index in [1.165, 1.54) is 6.92 Å². The molecule has 12 nitrogen and oxygen atoms in total. The fourth-order valence-corrected chi connectivity index (χ4v) is 7.01. The topological polar surface area (TPSA) is 126 Å². The maximum Gasteiger partial charge on any atom is 0.338 e.